The molecule has 0 atom stereocenters. The first-order chi connectivity index (χ1) is 15.1. The second-order valence-corrected chi connectivity index (χ2v) is 7.73. The van der Waals surface area contributed by atoms with Crippen molar-refractivity contribution in [2.75, 3.05) is 26.9 Å². The van der Waals surface area contributed by atoms with Gasteiger partial charge >= 0.3 is 0 Å². The molecule has 0 spiro atoms. The maximum absolute atomic E-state index is 14.5. The first kappa shape index (κ1) is 21.5. The highest BCUT2D eigenvalue weighted by atomic mass is 19.1. The number of methoxy groups -OCH3 is 1. The van der Waals surface area contributed by atoms with Crippen LogP contribution in [0.2, 0.25) is 0 Å². The van der Waals surface area contributed by atoms with Crippen molar-refractivity contribution in [2.24, 2.45) is 5.92 Å². The van der Waals surface area contributed by atoms with Crippen LogP contribution in [0.1, 0.15) is 23.1 Å². The van der Waals surface area contributed by atoms with Gasteiger partial charge in [0.05, 0.1) is 25.4 Å². The number of ether oxygens (including phenoxy) is 3. The normalized spacial score (nSPS) is 18.5. The highest BCUT2D eigenvalue weighted by Gasteiger charge is 2.22. The van der Waals surface area contributed by atoms with E-state index in [0.29, 0.717) is 38.2 Å². The molecule has 160 valence electrons. The van der Waals surface area contributed by atoms with Crippen LogP contribution >= 0.6 is 0 Å². The van der Waals surface area contributed by atoms with Gasteiger partial charge in [-0.15, -0.1) is 0 Å². The molecule has 31 heavy (non-hydrogen) atoms. The summed E-state index contributed by atoms with van der Waals surface area (Å²) in [6.45, 7) is 1.86. The van der Waals surface area contributed by atoms with Crippen LogP contribution < -0.4 is 0 Å². The molecule has 3 aromatic rings. The van der Waals surface area contributed by atoms with E-state index < -0.39 is 0 Å². The molecule has 0 amide bonds. The third-order valence-electron chi connectivity index (χ3n) is 5.28. The highest BCUT2D eigenvalue weighted by Crippen LogP contribution is 2.19. The SMILES string of the molecule is COCC1COC(CCc2ccc(C#Cc3ccc4cc(F)ccc4c3)c(F)c2)OC1. The lowest BCUT2D eigenvalue weighted by atomic mass is 10.0. The fraction of sp³-hybridized carbons (Fsp3) is 0.308. The van der Waals surface area contributed by atoms with E-state index in [4.69, 9.17) is 14.2 Å². The van der Waals surface area contributed by atoms with Crippen LogP contribution in [0, 0.1) is 29.4 Å². The molecular formula is C26H24F2O3. The summed E-state index contributed by atoms with van der Waals surface area (Å²) < 4.78 is 44.4. The third-order valence-corrected chi connectivity index (χ3v) is 5.28. The van der Waals surface area contributed by atoms with Crippen LogP contribution in [0.5, 0.6) is 0 Å². The molecule has 1 heterocycles. The molecule has 0 unspecified atom stereocenters. The molecule has 1 saturated heterocycles. The van der Waals surface area contributed by atoms with Crippen molar-refractivity contribution in [3.8, 4) is 11.8 Å². The summed E-state index contributed by atoms with van der Waals surface area (Å²) >= 11 is 0. The van der Waals surface area contributed by atoms with E-state index >= 15 is 0 Å². The Bertz CT molecular complexity index is 1110. The molecule has 1 aliphatic heterocycles. The summed E-state index contributed by atoms with van der Waals surface area (Å²) in [7, 11) is 1.67. The van der Waals surface area contributed by atoms with Gasteiger partial charge in [-0.25, -0.2) is 8.78 Å². The minimum Gasteiger partial charge on any atom is -0.384 e. The van der Waals surface area contributed by atoms with Crippen molar-refractivity contribution in [2.45, 2.75) is 19.1 Å². The summed E-state index contributed by atoms with van der Waals surface area (Å²) in [5.74, 6) is 5.53. The first-order valence-electron chi connectivity index (χ1n) is 10.3. The minimum atomic E-state index is -0.349. The largest absolute Gasteiger partial charge is 0.384 e. The van der Waals surface area contributed by atoms with Crippen molar-refractivity contribution in [3.63, 3.8) is 0 Å². The number of fused-ring (bicyclic) bond motifs is 1. The zero-order valence-electron chi connectivity index (χ0n) is 17.4. The molecule has 4 rings (SSSR count). The van der Waals surface area contributed by atoms with Crippen LogP contribution in [-0.2, 0) is 20.6 Å². The Morgan fingerprint density at radius 2 is 1.71 bits per heavy atom. The predicted octanol–water partition coefficient (Wildman–Crippen LogP) is 5.09. The second kappa shape index (κ2) is 10.0. The zero-order chi connectivity index (χ0) is 21.6. The number of aryl methyl sites for hydroxylation is 1. The van der Waals surface area contributed by atoms with Gasteiger partial charge in [-0.05, 0) is 59.2 Å². The molecule has 0 aromatic heterocycles. The molecule has 0 radical (unpaired) electrons. The van der Waals surface area contributed by atoms with Gasteiger partial charge in [0.1, 0.15) is 11.6 Å². The second-order valence-electron chi connectivity index (χ2n) is 7.73. The number of benzene rings is 3. The molecule has 0 N–H and O–H groups in total. The van der Waals surface area contributed by atoms with Crippen LogP contribution in [0.3, 0.4) is 0 Å². The first-order valence-corrected chi connectivity index (χ1v) is 10.3. The van der Waals surface area contributed by atoms with Gasteiger partial charge in [-0.1, -0.05) is 30.0 Å². The van der Waals surface area contributed by atoms with E-state index in [1.807, 2.05) is 24.3 Å². The van der Waals surface area contributed by atoms with Crippen molar-refractivity contribution in [1.29, 1.82) is 0 Å². The zero-order valence-corrected chi connectivity index (χ0v) is 17.4. The van der Waals surface area contributed by atoms with E-state index in [0.717, 1.165) is 21.9 Å². The monoisotopic (exact) mass is 422 g/mol. The van der Waals surface area contributed by atoms with Crippen LogP contribution in [0.25, 0.3) is 10.8 Å². The Morgan fingerprint density at radius 3 is 2.48 bits per heavy atom. The predicted molar refractivity (Wildman–Crippen MR) is 116 cm³/mol. The quantitative estimate of drug-likeness (QED) is 0.537. The van der Waals surface area contributed by atoms with Gasteiger partial charge < -0.3 is 14.2 Å². The van der Waals surface area contributed by atoms with Crippen molar-refractivity contribution >= 4 is 10.8 Å². The minimum absolute atomic E-state index is 0.264. The van der Waals surface area contributed by atoms with Gasteiger partial charge in [0.25, 0.3) is 0 Å². The van der Waals surface area contributed by atoms with Crippen LogP contribution in [0.4, 0.5) is 8.78 Å². The van der Waals surface area contributed by atoms with Gasteiger partial charge in [-0.2, -0.15) is 0 Å². The van der Waals surface area contributed by atoms with Gasteiger partial charge in [0, 0.05) is 25.0 Å². The molecule has 1 aliphatic rings. The fourth-order valence-electron chi connectivity index (χ4n) is 3.62. The Labute approximate surface area is 180 Å². The lowest BCUT2D eigenvalue weighted by Gasteiger charge is -2.29. The molecule has 1 fully saturated rings. The summed E-state index contributed by atoms with van der Waals surface area (Å²) in [6.07, 6.45) is 1.06. The average molecular weight is 422 g/mol. The molecule has 0 saturated carbocycles. The molecule has 0 bridgehead atoms. The van der Waals surface area contributed by atoms with Crippen LogP contribution in [-0.4, -0.2) is 33.2 Å². The Kier molecular flexibility index (Phi) is 6.93. The summed E-state index contributed by atoms with van der Waals surface area (Å²) in [5, 5.41) is 1.70. The number of hydrogen-bond donors (Lipinski definition) is 0. The highest BCUT2D eigenvalue weighted by molar-refractivity contribution is 5.83. The molecule has 3 aromatic carbocycles. The standard InChI is InChI=1S/C26H24F2O3/c1-29-15-20-16-30-26(31-17-20)11-5-19-3-7-21(25(28)13-19)6-2-18-4-8-23-14-24(27)10-9-22(23)12-18/h3-4,7-10,12-14,20,26H,5,11,15-17H2,1H3. The number of hydrogen-bond acceptors (Lipinski definition) is 3. The van der Waals surface area contributed by atoms with Gasteiger partial charge in [-0.3, -0.25) is 0 Å². The molecule has 0 aliphatic carbocycles. The van der Waals surface area contributed by atoms with Crippen molar-refractivity contribution < 1.29 is 23.0 Å². The number of halogens is 2. The van der Waals surface area contributed by atoms with E-state index in [9.17, 15) is 8.78 Å². The van der Waals surface area contributed by atoms with Crippen LogP contribution in [0.15, 0.2) is 54.6 Å². The summed E-state index contributed by atoms with van der Waals surface area (Å²) in [4.78, 5) is 0. The van der Waals surface area contributed by atoms with E-state index in [1.54, 1.807) is 19.2 Å². The van der Waals surface area contributed by atoms with E-state index in [1.165, 1.54) is 18.2 Å². The molecular weight excluding hydrogens is 398 g/mol. The Balaban J connectivity index is 1.37. The van der Waals surface area contributed by atoms with E-state index in [2.05, 4.69) is 11.8 Å². The van der Waals surface area contributed by atoms with Gasteiger partial charge in [0.2, 0.25) is 0 Å². The summed E-state index contributed by atoms with van der Waals surface area (Å²) in [6, 6.07) is 15.2. The summed E-state index contributed by atoms with van der Waals surface area (Å²) in [5.41, 5.74) is 1.97. The molecule has 5 heteroatoms. The lowest BCUT2D eigenvalue weighted by Crippen LogP contribution is -2.34. The topological polar surface area (TPSA) is 27.7 Å². The fourth-order valence-corrected chi connectivity index (χ4v) is 3.62. The van der Waals surface area contributed by atoms with Crippen molar-refractivity contribution in [1.82, 2.24) is 0 Å². The van der Waals surface area contributed by atoms with Crippen molar-refractivity contribution in [3.05, 3.63) is 82.9 Å². The Hall–Kier alpha value is -2.78. The number of rotatable bonds is 5. The molecule has 3 nitrogen and oxygen atoms in total. The lowest BCUT2D eigenvalue weighted by molar-refractivity contribution is -0.208. The van der Waals surface area contributed by atoms with Gasteiger partial charge in [0.15, 0.2) is 6.29 Å². The third kappa shape index (κ3) is 5.68. The maximum Gasteiger partial charge on any atom is 0.157 e. The van der Waals surface area contributed by atoms with E-state index in [-0.39, 0.29) is 23.8 Å². The smallest absolute Gasteiger partial charge is 0.157 e. The maximum atomic E-state index is 14.5. The Morgan fingerprint density at radius 1 is 0.935 bits per heavy atom. The average Bonchev–Trinajstić information content (AvgIpc) is 2.78.